The summed E-state index contributed by atoms with van der Waals surface area (Å²) in [5.74, 6) is 0.465. The van der Waals surface area contributed by atoms with Gasteiger partial charge in [-0.2, -0.15) is 0 Å². The van der Waals surface area contributed by atoms with Crippen LogP contribution in [0.15, 0.2) is 42.5 Å². The zero-order valence-electron chi connectivity index (χ0n) is 15.8. The number of H-pyrrole nitrogens is 1. The Morgan fingerprint density at radius 2 is 1.86 bits per heavy atom. The number of carbonyl (C=O) groups is 1. The highest BCUT2D eigenvalue weighted by atomic mass is 16.5. The fourth-order valence-electron chi connectivity index (χ4n) is 3.86. The highest BCUT2D eigenvalue weighted by molar-refractivity contribution is 6.20. The molecule has 1 aliphatic rings. The van der Waals surface area contributed by atoms with Crippen LogP contribution in [-0.2, 0) is 5.41 Å². The first kappa shape index (κ1) is 18.7. The number of hydrogen-bond acceptors (Lipinski definition) is 5. The number of carbonyl (C=O) groups excluding carboxylic acids is 1. The zero-order chi connectivity index (χ0) is 20.1. The standard InChI is InChI=1S/C22H23NO5/c1-22(2)15-9-12(28-11-18(26)17(25)10-24)7-8-13(15)20(27)19-14-5-3-4-6-16(14)23-21(19)22/h3-9,17-18,23-26H,10-11H2,1-2H3. The summed E-state index contributed by atoms with van der Waals surface area (Å²) in [7, 11) is 0. The summed E-state index contributed by atoms with van der Waals surface area (Å²) in [4.78, 5) is 16.6. The van der Waals surface area contributed by atoms with Gasteiger partial charge in [-0.15, -0.1) is 0 Å². The fraction of sp³-hybridized carbons (Fsp3) is 0.318. The van der Waals surface area contributed by atoms with Crippen LogP contribution in [0.25, 0.3) is 10.9 Å². The quantitative estimate of drug-likeness (QED) is 0.542. The smallest absolute Gasteiger partial charge is 0.195 e. The molecule has 0 radical (unpaired) electrons. The van der Waals surface area contributed by atoms with E-state index in [1.54, 1.807) is 18.2 Å². The third-order valence-electron chi connectivity index (χ3n) is 5.52. The summed E-state index contributed by atoms with van der Waals surface area (Å²) in [6.07, 6.45) is -2.46. The minimum absolute atomic E-state index is 0.0240. The molecule has 4 N–H and O–H groups in total. The summed E-state index contributed by atoms with van der Waals surface area (Å²) in [5, 5.41) is 29.1. The molecule has 0 aliphatic heterocycles. The van der Waals surface area contributed by atoms with Gasteiger partial charge in [-0.1, -0.05) is 32.0 Å². The number of aromatic amines is 1. The van der Waals surface area contributed by atoms with E-state index in [-0.39, 0.29) is 12.4 Å². The number of benzene rings is 2. The van der Waals surface area contributed by atoms with Gasteiger partial charge >= 0.3 is 0 Å². The summed E-state index contributed by atoms with van der Waals surface area (Å²) in [5.41, 5.74) is 3.54. The van der Waals surface area contributed by atoms with Crippen molar-refractivity contribution in [1.82, 2.24) is 4.98 Å². The van der Waals surface area contributed by atoms with Gasteiger partial charge in [-0.05, 0) is 29.8 Å². The Bertz CT molecular complexity index is 1050. The van der Waals surface area contributed by atoms with Gasteiger partial charge in [0.05, 0.1) is 12.2 Å². The van der Waals surface area contributed by atoms with E-state index in [2.05, 4.69) is 18.8 Å². The van der Waals surface area contributed by atoms with Crippen molar-refractivity contribution in [3.63, 3.8) is 0 Å². The maximum atomic E-state index is 13.2. The summed E-state index contributed by atoms with van der Waals surface area (Å²) in [6, 6.07) is 13.0. The van der Waals surface area contributed by atoms with E-state index in [0.29, 0.717) is 16.9 Å². The van der Waals surface area contributed by atoms with Crippen molar-refractivity contribution < 1.29 is 24.9 Å². The molecule has 0 amide bonds. The third-order valence-corrected chi connectivity index (χ3v) is 5.52. The number of aromatic nitrogens is 1. The number of fused-ring (bicyclic) bond motifs is 4. The Hall–Kier alpha value is -2.67. The van der Waals surface area contributed by atoms with Gasteiger partial charge in [-0.3, -0.25) is 4.79 Å². The molecule has 3 aromatic rings. The SMILES string of the molecule is CC1(C)c2cc(OCC(O)C(O)CO)ccc2C(=O)c2c1[nH]c1ccccc21. The second-order valence-corrected chi connectivity index (χ2v) is 7.71. The lowest BCUT2D eigenvalue weighted by atomic mass is 9.71. The number of nitrogens with one attached hydrogen (secondary N) is 1. The topological polar surface area (TPSA) is 103 Å². The van der Waals surface area contributed by atoms with E-state index in [1.165, 1.54) is 0 Å². The Morgan fingerprint density at radius 1 is 1.11 bits per heavy atom. The number of para-hydroxylation sites is 1. The lowest BCUT2D eigenvalue weighted by Gasteiger charge is -2.32. The average Bonchev–Trinajstić information content (AvgIpc) is 3.10. The maximum Gasteiger partial charge on any atom is 0.195 e. The van der Waals surface area contributed by atoms with Gasteiger partial charge in [-0.25, -0.2) is 0 Å². The van der Waals surface area contributed by atoms with E-state index in [1.807, 2.05) is 24.3 Å². The van der Waals surface area contributed by atoms with Crippen molar-refractivity contribution in [2.24, 2.45) is 0 Å². The van der Waals surface area contributed by atoms with Crippen molar-refractivity contribution in [3.05, 3.63) is 64.8 Å². The fourth-order valence-corrected chi connectivity index (χ4v) is 3.86. The minimum Gasteiger partial charge on any atom is -0.491 e. The summed E-state index contributed by atoms with van der Waals surface area (Å²) >= 11 is 0. The van der Waals surface area contributed by atoms with Gasteiger partial charge in [0.1, 0.15) is 24.6 Å². The van der Waals surface area contributed by atoms with Crippen LogP contribution >= 0.6 is 0 Å². The number of rotatable bonds is 5. The first-order chi connectivity index (χ1) is 13.3. The van der Waals surface area contributed by atoms with E-state index < -0.39 is 24.2 Å². The average molecular weight is 381 g/mol. The number of hydrogen-bond donors (Lipinski definition) is 4. The second kappa shape index (κ2) is 6.74. The maximum absolute atomic E-state index is 13.2. The normalized spacial score (nSPS) is 17.1. The van der Waals surface area contributed by atoms with Crippen LogP contribution in [0.5, 0.6) is 5.75 Å². The van der Waals surface area contributed by atoms with Gasteiger partial charge < -0.3 is 25.0 Å². The van der Waals surface area contributed by atoms with Gasteiger partial charge in [0, 0.05) is 27.6 Å². The molecule has 0 saturated heterocycles. The minimum atomic E-state index is -1.26. The Labute approximate surface area is 162 Å². The van der Waals surface area contributed by atoms with Gasteiger partial charge in [0.2, 0.25) is 0 Å². The second-order valence-electron chi connectivity index (χ2n) is 7.71. The first-order valence-corrected chi connectivity index (χ1v) is 9.24. The predicted molar refractivity (Wildman–Crippen MR) is 105 cm³/mol. The van der Waals surface area contributed by atoms with Crippen LogP contribution in [-0.4, -0.2) is 51.5 Å². The number of aliphatic hydroxyl groups excluding tert-OH is 3. The first-order valence-electron chi connectivity index (χ1n) is 9.24. The van der Waals surface area contributed by atoms with Crippen molar-refractivity contribution in [3.8, 4) is 5.75 Å². The van der Waals surface area contributed by atoms with Crippen LogP contribution in [0.1, 0.15) is 41.0 Å². The van der Waals surface area contributed by atoms with E-state index in [0.717, 1.165) is 22.2 Å². The Balaban J connectivity index is 1.73. The lowest BCUT2D eigenvalue weighted by Crippen LogP contribution is -2.34. The monoisotopic (exact) mass is 381 g/mol. The van der Waals surface area contributed by atoms with Crippen molar-refractivity contribution in [2.45, 2.75) is 31.5 Å². The largest absolute Gasteiger partial charge is 0.491 e. The van der Waals surface area contributed by atoms with Crippen LogP contribution in [0.3, 0.4) is 0 Å². The molecule has 1 heterocycles. The molecule has 0 bridgehead atoms. The van der Waals surface area contributed by atoms with Gasteiger partial charge in [0.25, 0.3) is 0 Å². The van der Waals surface area contributed by atoms with E-state index in [4.69, 9.17) is 9.84 Å². The van der Waals surface area contributed by atoms with Gasteiger partial charge in [0.15, 0.2) is 5.78 Å². The molecule has 0 spiro atoms. The number of aliphatic hydroxyl groups is 3. The number of ether oxygens (including phenoxy) is 1. The van der Waals surface area contributed by atoms with Crippen molar-refractivity contribution >= 4 is 16.7 Å². The zero-order valence-corrected chi connectivity index (χ0v) is 15.8. The molecule has 6 heteroatoms. The molecule has 146 valence electrons. The number of ketones is 1. The Morgan fingerprint density at radius 3 is 2.61 bits per heavy atom. The lowest BCUT2D eigenvalue weighted by molar-refractivity contribution is -0.0339. The molecule has 1 aliphatic carbocycles. The molecule has 0 saturated carbocycles. The Kier molecular flexibility index (Phi) is 4.50. The third kappa shape index (κ3) is 2.81. The molecule has 4 rings (SSSR count). The molecule has 0 fully saturated rings. The van der Waals surface area contributed by atoms with Crippen LogP contribution in [0, 0.1) is 0 Å². The highest BCUT2D eigenvalue weighted by Crippen LogP contribution is 2.44. The van der Waals surface area contributed by atoms with Crippen LogP contribution < -0.4 is 4.74 Å². The van der Waals surface area contributed by atoms with Crippen molar-refractivity contribution in [2.75, 3.05) is 13.2 Å². The van der Waals surface area contributed by atoms with Crippen LogP contribution in [0.4, 0.5) is 0 Å². The molecule has 2 unspecified atom stereocenters. The highest BCUT2D eigenvalue weighted by Gasteiger charge is 2.39. The van der Waals surface area contributed by atoms with Crippen LogP contribution in [0.2, 0.25) is 0 Å². The summed E-state index contributed by atoms with van der Waals surface area (Å²) < 4.78 is 5.59. The van der Waals surface area contributed by atoms with E-state index in [9.17, 15) is 15.0 Å². The molecule has 6 nitrogen and oxygen atoms in total. The molecule has 28 heavy (non-hydrogen) atoms. The van der Waals surface area contributed by atoms with Crippen molar-refractivity contribution in [1.29, 1.82) is 0 Å². The summed E-state index contributed by atoms with van der Waals surface area (Å²) in [6.45, 7) is 3.41. The molecule has 1 aromatic heterocycles. The molecular formula is C22H23NO5. The van der Waals surface area contributed by atoms with E-state index >= 15 is 0 Å². The molecule has 2 atom stereocenters. The molecule has 2 aromatic carbocycles. The predicted octanol–water partition coefficient (Wildman–Crippen LogP) is 2.13. The molecular weight excluding hydrogens is 358 g/mol.